The van der Waals surface area contributed by atoms with Crippen LogP contribution in [-0.4, -0.2) is 13.2 Å². The molecule has 0 aliphatic heterocycles. The topological polar surface area (TPSA) is 18.5 Å². The van der Waals surface area contributed by atoms with Crippen molar-refractivity contribution < 1.29 is 9.05 Å². The largest absolute Gasteiger partial charge is 0.691 e. The summed E-state index contributed by atoms with van der Waals surface area (Å²) >= 11 is 10.8. The highest BCUT2D eigenvalue weighted by Gasteiger charge is 2.02. The predicted octanol–water partition coefficient (Wildman–Crippen LogP) is 11.2. The van der Waals surface area contributed by atoms with Gasteiger partial charge in [0.05, 0.1) is 18.9 Å². The minimum absolute atomic E-state index is 0.677. The fourth-order valence-electron chi connectivity index (χ4n) is 4.28. The first-order valence-corrected chi connectivity index (χ1v) is 18.4. The van der Waals surface area contributed by atoms with Gasteiger partial charge in [0.25, 0.3) is 0 Å². The molecule has 0 spiro atoms. The third-order valence-electron chi connectivity index (χ3n) is 6.49. The molecule has 0 unspecified atom stereocenters. The Morgan fingerprint density at radius 1 is 0.424 bits per heavy atom. The Labute approximate surface area is 219 Å². The Kier molecular flexibility index (Phi) is 28.3. The molecule has 0 aliphatic carbocycles. The van der Waals surface area contributed by atoms with Gasteiger partial charge in [-0.2, -0.15) is 0 Å². The molecule has 0 fully saturated rings. The van der Waals surface area contributed by atoms with E-state index in [1.165, 1.54) is 141 Å². The van der Waals surface area contributed by atoms with Gasteiger partial charge in [-0.25, -0.2) is 0 Å². The van der Waals surface area contributed by atoms with Crippen LogP contribution in [0, 0.1) is 0 Å². The summed E-state index contributed by atoms with van der Waals surface area (Å²) in [5.74, 6) is 0. The van der Waals surface area contributed by atoms with Crippen molar-refractivity contribution in [1.82, 2.24) is 0 Å². The molecule has 2 nitrogen and oxygen atoms in total. The fraction of sp³-hybridized carbons (Fsp3) is 1.00. The van der Waals surface area contributed by atoms with Gasteiger partial charge in [0.15, 0.2) is 0 Å². The van der Waals surface area contributed by atoms with Crippen molar-refractivity contribution >= 4 is 29.7 Å². The van der Waals surface area contributed by atoms with Crippen LogP contribution in [0.15, 0.2) is 0 Å². The molecule has 0 atom stereocenters. The molecule has 0 aliphatic rings. The molecule has 0 rings (SSSR count). The lowest BCUT2D eigenvalue weighted by Crippen LogP contribution is -1.97. The summed E-state index contributed by atoms with van der Waals surface area (Å²) < 4.78 is 11.5. The summed E-state index contributed by atoms with van der Waals surface area (Å²) in [5, 5.41) is 0. The maximum atomic E-state index is 5.75. The minimum Gasteiger partial charge on any atom is -0.691 e. The molecule has 0 aromatic heterocycles. The monoisotopic (exact) mass is 521 g/mol. The van der Waals surface area contributed by atoms with E-state index in [0.29, 0.717) is 13.2 Å². The molecule has 200 valence electrons. The highest BCUT2D eigenvalue weighted by Crippen LogP contribution is 2.46. The van der Waals surface area contributed by atoms with Crippen LogP contribution in [0.2, 0.25) is 0 Å². The molecule has 0 heterocycles. The van der Waals surface area contributed by atoms with Crippen LogP contribution in [0.3, 0.4) is 0 Å². The maximum Gasteiger partial charge on any atom is 0.0563 e. The molecule has 0 N–H and O–H groups in total. The number of hydrogen-bond donors (Lipinski definition) is 0. The second-order valence-electron chi connectivity index (χ2n) is 9.89. The first kappa shape index (κ1) is 33.9. The zero-order chi connectivity index (χ0) is 24.3. The zero-order valence-corrected chi connectivity index (χ0v) is 25.0. The second-order valence-corrected chi connectivity index (χ2v) is 14.9. The van der Waals surface area contributed by atoms with E-state index in [0.717, 1.165) is 12.8 Å². The molecule has 5 heteroatoms. The van der Waals surface area contributed by atoms with Gasteiger partial charge in [0.2, 0.25) is 0 Å². The lowest BCUT2D eigenvalue weighted by Gasteiger charge is -2.28. The lowest BCUT2D eigenvalue weighted by molar-refractivity contribution is 0.249. The van der Waals surface area contributed by atoms with Crippen molar-refractivity contribution in [2.45, 2.75) is 168 Å². The lowest BCUT2D eigenvalue weighted by atomic mass is 10.1. The van der Waals surface area contributed by atoms with E-state index in [-0.39, 0.29) is 0 Å². The van der Waals surface area contributed by atoms with Crippen molar-refractivity contribution in [3.05, 3.63) is 0 Å². The van der Waals surface area contributed by atoms with Crippen LogP contribution in [0.1, 0.15) is 168 Å². The maximum absolute atomic E-state index is 5.75. The van der Waals surface area contributed by atoms with Gasteiger partial charge in [-0.3, -0.25) is 0 Å². The van der Waals surface area contributed by atoms with Gasteiger partial charge in [-0.1, -0.05) is 167 Å². The van der Waals surface area contributed by atoms with Crippen LogP contribution in [0.5, 0.6) is 0 Å². The number of rotatable bonds is 28. The molecule has 0 bridgehead atoms. The number of hydrogen-bond acceptors (Lipinski definition) is 4. The Hall–Kier alpha value is 0.920. The number of unbranched alkanes of at least 4 members (excludes halogenated alkanes) is 22. The third-order valence-corrected chi connectivity index (χ3v) is 8.76. The molecule has 0 amide bonds. The summed E-state index contributed by atoms with van der Waals surface area (Å²) in [7, 11) is 0. The first-order chi connectivity index (χ1) is 16.1. The summed E-state index contributed by atoms with van der Waals surface area (Å²) in [6, 6.07) is 0. The van der Waals surface area contributed by atoms with Crippen LogP contribution in [0.25, 0.3) is 0 Å². The van der Waals surface area contributed by atoms with Gasteiger partial charge in [-0.15, -0.1) is 0 Å². The Morgan fingerprint density at radius 2 is 0.636 bits per heavy atom. The Morgan fingerprint density at radius 3 is 0.879 bits per heavy atom. The van der Waals surface area contributed by atoms with E-state index < -0.39 is 5.69 Å². The standard InChI is InChI=1S/C28H59O2PS2/c1-3-5-7-9-11-13-15-17-19-21-23-25-27-29-31(32,33)30-28-26-24-22-20-18-16-14-12-10-8-6-4-2/h3-28H2,1-2H3,(H,32,33)/p-1. The zero-order valence-electron chi connectivity index (χ0n) is 22.5. The summed E-state index contributed by atoms with van der Waals surface area (Å²) in [6.45, 7) is 5.92. The van der Waals surface area contributed by atoms with E-state index in [1.807, 2.05) is 0 Å². The van der Waals surface area contributed by atoms with Crippen molar-refractivity contribution in [1.29, 1.82) is 0 Å². The summed E-state index contributed by atoms with van der Waals surface area (Å²) in [5.41, 5.74) is -2.44. The summed E-state index contributed by atoms with van der Waals surface area (Å²) in [6.07, 6.45) is 32.4. The smallest absolute Gasteiger partial charge is 0.0563 e. The third kappa shape index (κ3) is 29.0. The molecule has 0 saturated carbocycles. The second kappa shape index (κ2) is 27.5. The van der Waals surface area contributed by atoms with Crippen molar-refractivity contribution in [2.75, 3.05) is 13.2 Å². The normalized spacial score (nSPS) is 12.0. The van der Waals surface area contributed by atoms with E-state index in [4.69, 9.17) is 33.1 Å². The van der Waals surface area contributed by atoms with Gasteiger partial charge < -0.3 is 21.3 Å². The van der Waals surface area contributed by atoms with Crippen molar-refractivity contribution in [3.63, 3.8) is 0 Å². The molecular formula is C28H58O2PS2-. The van der Waals surface area contributed by atoms with Crippen molar-refractivity contribution in [3.8, 4) is 0 Å². The van der Waals surface area contributed by atoms with E-state index in [1.54, 1.807) is 0 Å². The quantitative estimate of drug-likeness (QED) is 0.0578. The van der Waals surface area contributed by atoms with E-state index >= 15 is 0 Å². The van der Waals surface area contributed by atoms with Gasteiger partial charge in [-0.05, 0) is 12.8 Å². The van der Waals surface area contributed by atoms with Crippen LogP contribution >= 0.6 is 5.69 Å². The highest BCUT2D eigenvalue weighted by molar-refractivity contribution is 8.51. The minimum atomic E-state index is -2.44. The predicted molar refractivity (Wildman–Crippen MR) is 156 cm³/mol. The molecular weight excluding hydrogens is 463 g/mol. The Bertz CT molecular complexity index is 387. The van der Waals surface area contributed by atoms with E-state index in [2.05, 4.69) is 13.8 Å². The molecule has 33 heavy (non-hydrogen) atoms. The average molecular weight is 522 g/mol. The fourth-order valence-corrected chi connectivity index (χ4v) is 5.95. The van der Waals surface area contributed by atoms with Crippen LogP contribution < -0.4 is 0 Å². The van der Waals surface area contributed by atoms with Crippen LogP contribution in [0.4, 0.5) is 0 Å². The average Bonchev–Trinajstić information content (AvgIpc) is 2.80. The first-order valence-electron chi connectivity index (χ1n) is 14.7. The van der Waals surface area contributed by atoms with Gasteiger partial charge in [0, 0.05) is 0 Å². The Balaban J connectivity index is 3.29. The SMILES string of the molecule is CCCCCCCCCCCCCCOP(=S)([S-])OCCCCCCCCCCCCCC. The molecule has 0 saturated heterocycles. The highest BCUT2D eigenvalue weighted by atomic mass is 32.9. The van der Waals surface area contributed by atoms with Gasteiger partial charge >= 0.3 is 0 Å². The van der Waals surface area contributed by atoms with E-state index in [9.17, 15) is 0 Å². The van der Waals surface area contributed by atoms with Crippen molar-refractivity contribution in [2.24, 2.45) is 0 Å². The van der Waals surface area contributed by atoms with Crippen LogP contribution in [-0.2, 0) is 33.1 Å². The van der Waals surface area contributed by atoms with Gasteiger partial charge in [0.1, 0.15) is 0 Å². The molecule has 0 radical (unpaired) electrons. The molecule has 0 aromatic rings. The summed E-state index contributed by atoms with van der Waals surface area (Å²) in [4.78, 5) is 0. The molecule has 0 aromatic carbocycles.